The molecule has 2 aromatic carbocycles. The van der Waals surface area contributed by atoms with E-state index in [1.54, 1.807) is 6.07 Å². The van der Waals surface area contributed by atoms with Gasteiger partial charge in [0.2, 0.25) is 0 Å². The molecule has 0 aliphatic rings. The number of likely N-dealkylation sites (N-methyl/N-ethyl adjacent to an activating group) is 1. The molecule has 0 radical (unpaired) electrons. The molecule has 31 heavy (non-hydrogen) atoms. The minimum absolute atomic E-state index is 0.0140. The van der Waals surface area contributed by atoms with Gasteiger partial charge < -0.3 is 30.2 Å². The molecule has 0 spiro atoms. The van der Waals surface area contributed by atoms with Crippen molar-refractivity contribution in [1.29, 1.82) is 0 Å². The Balaban J connectivity index is 1.26. The van der Waals surface area contributed by atoms with E-state index >= 15 is 0 Å². The Kier molecular flexibility index (Phi) is 9.05. The van der Waals surface area contributed by atoms with Crippen molar-refractivity contribution < 1.29 is 14.9 Å². The lowest BCUT2D eigenvalue weighted by Crippen LogP contribution is -2.26. The van der Waals surface area contributed by atoms with E-state index in [0.29, 0.717) is 35.5 Å². The van der Waals surface area contributed by atoms with Crippen molar-refractivity contribution in [3.8, 4) is 5.75 Å². The van der Waals surface area contributed by atoms with Crippen molar-refractivity contribution in [2.45, 2.75) is 18.9 Å². The predicted octanol–water partition coefficient (Wildman–Crippen LogP) is 2.50. The van der Waals surface area contributed by atoms with Crippen LogP contribution in [0.15, 0.2) is 47.3 Å². The molecule has 8 heteroatoms. The lowest BCUT2D eigenvalue weighted by Gasteiger charge is -2.17. The quantitative estimate of drug-likeness (QED) is 0.302. The number of aromatic amines is 1. The van der Waals surface area contributed by atoms with Gasteiger partial charge in [-0.2, -0.15) is 0 Å². The molecule has 3 aromatic rings. The molecule has 0 bridgehead atoms. The average Bonchev–Trinajstić information content (AvgIpc) is 3.17. The maximum absolute atomic E-state index is 11.6. The van der Waals surface area contributed by atoms with Crippen LogP contribution in [0.1, 0.15) is 23.7 Å². The minimum atomic E-state index is -0.756. The van der Waals surface area contributed by atoms with Gasteiger partial charge in [-0.25, -0.2) is 0 Å². The second-order valence-corrected chi connectivity index (χ2v) is 8.60. The fourth-order valence-corrected chi connectivity index (χ4v) is 4.27. The van der Waals surface area contributed by atoms with E-state index < -0.39 is 6.10 Å². The zero-order valence-electron chi connectivity index (χ0n) is 17.8. The summed E-state index contributed by atoms with van der Waals surface area (Å²) in [6.45, 7) is 4.37. The number of hydrogen-bond donors (Lipinski definition) is 4. The Morgan fingerprint density at radius 2 is 1.97 bits per heavy atom. The summed E-state index contributed by atoms with van der Waals surface area (Å²) in [5.41, 5.74) is 2.37. The van der Waals surface area contributed by atoms with Crippen molar-refractivity contribution in [3.05, 3.63) is 63.3 Å². The fourth-order valence-electron chi connectivity index (χ4n) is 3.35. The molecule has 1 aromatic heterocycles. The largest absolute Gasteiger partial charge is 0.506 e. The molecule has 0 unspecified atom stereocenters. The topological polar surface area (TPSA) is 97.8 Å². The summed E-state index contributed by atoms with van der Waals surface area (Å²) in [6, 6.07) is 13.6. The van der Waals surface area contributed by atoms with Gasteiger partial charge in [-0.05, 0) is 38.1 Å². The minimum Gasteiger partial charge on any atom is -0.506 e. The number of fused-ring (bicyclic) bond motifs is 1. The number of aliphatic hydroxyl groups excluding tert-OH is 1. The predicted molar refractivity (Wildman–Crippen MR) is 125 cm³/mol. The van der Waals surface area contributed by atoms with E-state index in [4.69, 9.17) is 4.74 Å². The number of aliphatic hydroxyl groups is 1. The van der Waals surface area contributed by atoms with E-state index in [0.717, 1.165) is 43.8 Å². The van der Waals surface area contributed by atoms with Gasteiger partial charge in [0.1, 0.15) is 11.3 Å². The Hall–Kier alpha value is -2.23. The smallest absolute Gasteiger partial charge is 0.305 e. The van der Waals surface area contributed by atoms with Gasteiger partial charge in [0.05, 0.1) is 17.4 Å². The second kappa shape index (κ2) is 12.0. The number of nitrogens with one attached hydrogen (secondary N) is 2. The van der Waals surface area contributed by atoms with Crippen LogP contribution in [0.4, 0.5) is 0 Å². The van der Waals surface area contributed by atoms with Crippen LogP contribution < -0.4 is 10.2 Å². The highest BCUT2D eigenvalue weighted by Crippen LogP contribution is 2.31. The van der Waals surface area contributed by atoms with Crippen molar-refractivity contribution in [2.24, 2.45) is 0 Å². The first-order chi connectivity index (χ1) is 15.0. The third-order valence-corrected chi connectivity index (χ3v) is 6.10. The number of rotatable bonds is 13. The van der Waals surface area contributed by atoms with E-state index in [1.807, 2.05) is 6.07 Å². The van der Waals surface area contributed by atoms with Crippen LogP contribution in [-0.4, -0.2) is 66.5 Å². The lowest BCUT2D eigenvalue weighted by atomic mass is 10.1. The Bertz CT molecular complexity index is 989. The van der Waals surface area contributed by atoms with Gasteiger partial charge in [0, 0.05) is 31.8 Å². The Morgan fingerprint density at radius 3 is 2.77 bits per heavy atom. The van der Waals surface area contributed by atoms with Crippen LogP contribution in [0, 0.1) is 0 Å². The van der Waals surface area contributed by atoms with Crippen molar-refractivity contribution in [1.82, 2.24) is 15.2 Å². The number of aromatic hydroxyl groups is 1. The molecule has 7 nitrogen and oxygen atoms in total. The van der Waals surface area contributed by atoms with Crippen molar-refractivity contribution in [2.75, 3.05) is 46.4 Å². The van der Waals surface area contributed by atoms with Crippen molar-refractivity contribution in [3.63, 3.8) is 0 Å². The zero-order valence-corrected chi connectivity index (χ0v) is 18.7. The maximum atomic E-state index is 11.6. The number of benzene rings is 2. The molecule has 1 atom stereocenters. The summed E-state index contributed by atoms with van der Waals surface area (Å²) in [5, 5.41) is 23.5. The molecule has 4 N–H and O–H groups in total. The summed E-state index contributed by atoms with van der Waals surface area (Å²) >= 11 is 0.996. The summed E-state index contributed by atoms with van der Waals surface area (Å²) in [4.78, 5) is 16.2. The third kappa shape index (κ3) is 7.15. The summed E-state index contributed by atoms with van der Waals surface area (Å²) in [7, 11) is 2.11. The standard InChI is InChI=1S/C23H31N3O4S/c1-26(12-10-17-6-3-2-4-7-17)13-15-30-14-5-11-24-16-20(28)18-8-9-19(27)21-22(18)31-23(29)25-21/h2-4,6-9,20,24,27-28H,5,10-16H2,1H3,(H,25,29)/t20-/m0/s1. The first kappa shape index (κ1) is 23.4. The molecular formula is C23H31N3O4S. The number of hydrogen-bond acceptors (Lipinski definition) is 7. The molecule has 0 aliphatic heterocycles. The van der Waals surface area contributed by atoms with Crippen LogP contribution in [0.25, 0.3) is 10.2 Å². The average molecular weight is 446 g/mol. The van der Waals surface area contributed by atoms with Gasteiger partial charge in [0.25, 0.3) is 0 Å². The van der Waals surface area contributed by atoms with Crippen LogP contribution in [-0.2, 0) is 11.2 Å². The Labute approximate surface area is 186 Å². The first-order valence-electron chi connectivity index (χ1n) is 10.6. The molecule has 0 aliphatic carbocycles. The number of nitrogens with zero attached hydrogens (tertiary/aromatic N) is 1. The second-order valence-electron chi connectivity index (χ2n) is 7.62. The van der Waals surface area contributed by atoms with E-state index in [-0.39, 0.29) is 10.6 Å². The first-order valence-corrected chi connectivity index (χ1v) is 11.4. The van der Waals surface area contributed by atoms with E-state index in [2.05, 4.69) is 46.5 Å². The maximum Gasteiger partial charge on any atom is 0.305 e. The molecule has 0 amide bonds. The molecule has 168 valence electrons. The van der Waals surface area contributed by atoms with Crippen molar-refractivity contribution >= 4 is 21.6 Å². The monoisotopic (exact) mass is 445 g/mol. The van der Waals surface area contributed by atoms with Crippen LogP contribution in [0.2, 0.25) is 0 Å². The van der Waals surface area contributed by atoms with Gasteiger partial charge >= 0.3 is 4.87 Å². The summed E-state index contributed by atoms with van der Waals surface area (Å²) < 4.78 is 6.31. The fraction of sp³-hybridized carbons (Fsp3) is 0.435. The normalized spacial score (nSPS) is 12.6. The number of phenolic OH excluding ortho intramolecular Hbond substituents is 1. The third-order valence-electron chi connectivity index (χ3n) is 5.17. The zero-order chi connectivity index (χ0) is 22.1. The van der Waals surface area contributed by atoms with Gasteiger partial charge in [-0.1, -0.05) is 47.7 Å². The summed E-state index contributed by atoms with van der Waals surface area (Å²) in [6.07, 6.45) is 1.13. The number of thiazole rings is 1. The number of phenols is 1. The van der Waals surface area contributed by atoms with Gasteiger partial charge in [-0.15, -0.1) is 0 Å². The summed E-state index contributed by atoms with van der Waals surface area (Å²) in [5.74, 6) is 0.0140. The molecule has 3 rings (SSSR count). The molecule has 0 saturated heterocycles. The number of aromatic nitrogens is 1. The molecule has 1 heterocycles. The molecular weight excluding hydrogens is 414 g/mol. The molecule has 0 fully saturated rings. The van der Waals surface area contributed by atoms with Crippen LogP contribution in [0.3, 0.4) is 0 Å². The Morgan fingerprint density at radius 1 is 1.16 bits per heavy atom. The SMILES string of the molecule is CN(CCOCCCNC[C@H](O)c1ccc(O)c2[nH]c(=O)sc12)CCc1ccccc1. The van der Waals surface area contributed by atoms with Gasteiger partial charge in [0.15, 0.2) is 0 Å². The van der Waals surface area contributed by atoms with Gasteiger partial charge in [-0.3, -0.25) is 4.79 Å². The van der Waals surface area contributed by atoms with Crippen LogP contribution in [0.5, 0.6) is 5.75 Å². The lowest BCUT2D eigenvalue weighted by molar-refractivity contribution is 0.108. The highest BCUT2D eigenvalue weighted by atomic mass is 32.1. The number of H-pyrrole nitrogens is 1. The highest BCUT2D eigenvalue weighted by molar-refractivity contribution is 7.16. The molecule has 0 saturated carbocycles. The van der Waals surface area contributed by atoms with E-state index in [9.17, 15) is 15.0 Å². The van der Waals surface area contributed by atoms with E-state index in [1.165, 1.54) is 11.6 Å². The highest BCUT2D eigenvalue weighted by Gasteiger charge is 2.15. The van der Waals surface area contributed by atoms with Crippen LogP contribution >= 0.6 is 11.3 Å². The number of ether oxygens (including phenoxy) is 1.